The lowest BCUT2D eigenvalue weighted by molar-refractivity contribution is -0.512. The van der Waals surface area contributed by atoms with E-state index in [2.05, 4.69) is 134 Å². The molecule has 32 heavy (non-hydrogen) atoms. The van der Waals surface area contributed by atoms with Crippen LogP contribution in [0.25, 0.3) is 10.8 Å². The van der Waals surface area contributed by atoms with Crippen LogP contribution < -0.4 is 0 Å². The number of rotatable bonds is 2. The molecule has 0 amide bonds. The van der Waals surface area contributed by atoms with Crippen LogP contribution in [-0.4, -0.2) is 16.3 Å². The second-order valence-corrected chi connectivity index (χ2v) is 12.7. The molecule has 0 N–H and O–H groups in total. The fraction of sp³-hybridized carbons (Fsp3) is 0.452. The van der Waals surface area contributed by atoms with E-state index < -0.39 is 0 Å². The van der Waals surface area contributed by atoms with Gasteiger partial charge in [0.25, 0.3) is 0 Å². The summed E-state index contributed by atoms with van der Waals surface area (Å²) in [7, 11) is 0. The Morgan fingerprint density at radius 3 is 2.06 bits per heavy atom. The average molecular weight is 427 g/mol. The molecule has 1 aliphatic rings. The molecular formula is C31H40N+. The van der Waals surface area contributed by atoms with Crippen LogP contribution in [-0.2, 0) is 16.2 Å². The summed E-state index contributed by atoms with van der Waals surface area (Å²) in [5.74, 6) is 0. The Bertz CT molecular complexity index is 1190. The lowest BCUT2D eigenvalue weighted by atomic mass is 9.75. The molecule has 0 aliphatic carbocycles. The summed E-state index contributed by atoms with van der Waals surface area (Å²) in [6, 6.07) is 22.7. The molecule has 0 bridgehead atoms. The molecule has 1 aliphatic heterocycles. The van der Waals surface area contributed by atoms with E-state index >= 15 is 0 Å². The van der Waals surface area contributed by atoms with Gasteiger partial charge in [-0.05, 0) is 39.7 Å². The normalized spacial score (nSPS) is 21.1. The number of benzene rings is 3. The van der Waals surface area contributed by atoms with Gasteiger partial charge in [-0.15, -0.1) is 0 Å². The first-order valence-electron chi connectivity index (χ1n) is 12.0. The molecule has 0 fully saturated rings. The van der Waals surface area contributed by atoms with Crippen molar-refractivity contribution in [3.05, 3.63) is 77.4 Å². The topological polar surface area (TPSA) is 3.01 Å². The highest BCUT2D eigenvalue weighted by Gasteiger charge is 2.50. The van der Waals surface area contributed by atoms with Gasteiger partial charge < -0.3 is 0 Å². The molecule has 0 saturated carbocycles. The molecule has 1 nitrogen and oxygen atoms in total. The molecule has 1 heterocycles. The molecule has 168 valence electrons. The van der Waals surface area contributed by atoms with Crippen LogP contribution >= 0.6 is 0 Å². The summed E-state index contributed by atoms with van der Waals surface area (Å²) in [4.78, 5) is 0. The summed E-state index contributed by atoms with van der Waals surface area (Å²) in [5, 5.41) is 2.69. The van der Waals surface area contributed by atoms with E-state index in [0.29, 0.717) is 0 Å². The van der Waals surface area contributed by atoms with Crippen molar-refractivity contribution in [1.82, 2.24) is 0 Å². The Morgan fingerprint density at radius 2 is 1.41 bits per heavy atom. The molecule has 3 aromatic carbocycles. The van der Waals surface area contributed by atoms with Crippen molar-refractivity contribution in [2.45, 2.75) is 90.5 Å². The van der Waals surface area contributed by atoms with Crippen molar-refractivity contribution in [3.63, 3.8) is 0 Å². The zero-order chi connectivity index (χ0) is 23.5. The highest BCUT2D eigenvalue weighted by molar-refractivity contribution is 5.90. The predicted octanol–water partition coefficient (Wildman–Crippen LogP) is 8.29. The van der Waals surface area contributed by atoms with E-state index in [9.17, 15) is 0 Å². The third-order valence-corrected chi connectivity index (χ3v) is 7.20. The Labute approximate surface area is 195 Å². The van der Waals surface area contributed by atoms with Crippen LogP contribution in [0, 0.1) is 0 Å². The van der Waals surface area contributed by atoms with E-state index in [1.165, 1.54) is 33.2 Å². The smallest absolute Gasteiger partial charge is 0.197 e. The number of hydrogen-bond donors (Lipinski definition) is 0. The quantitative estimate of drug-likeness (QED) is 0.363. The van der Waals surface area contributed by atoms with Gasteiger partial charge in [0.2, 0.25) is 5.69 Å². The molecular weight excluding hydrogens is 386 g/mol. The summed E-state index contributed by atoms with van der Waals surface area (Å²) in [6.07, 6.45) is 3.60. The number of nitrogens with zero attached hydrogens (tertiary/aromatic N) is 1. The van der Waals surface area contributed by atoms with E-state index in [4.69, 9.17) is 0 Å². The minimum Gasteiger partial charge on any atom is -0.197 e. The fourth-order valence-electron chi connectivity index (χ4n) is 5.60. The van der Waals surface area contributed by atoms with Crippen LogP contribution in [0.5, 0.6) is 0 Å². The van der Waals surface area contributed by atoms with Gasteiger partial charge in [0, 0.05) is 31.9 Å². The van der Waals surface area contributed by atoms with Crippen molar-refractivity contribution in [3.8, 4) is 0 Å². The largest absolute Gasteiger partial charge is 0.209 e. The molecule has 0 saturated heterocycles. The monoisotopic (exact) mass is 426 g/mol. The minimum atomic E-state index is -0.0305. The third kappa shape index (κ3) is 3.91. The van der Waals surface area contributed by atoms with Crippen molar-refractivity contribution in [2.75, 3.05) is 0 Å². The zero-order valence-electron chi connectivity index (χ0n) is 21.5. The minimum absolute atomic E-state index is 0.0161. The van der Waals surface area contributed by atoms with Gasteiger partial charge in [-0.1, -0.05) is 96.1 Å². The van der Waals surface area contributed by atoms with E-state index in [1.807, 2.05) is 0 Å². The molecule has 0 spiro atoms. The van der Waals surface area contributed by atoms with Gasteiger partial charge in [0.05, 0.1) is 5.41 Å². The maximum Gasteiger partial charge on any atom is 0.209 e. The van der Waals surface area contributed by atoms with Crippen molar-refractivity contribution in [1.29, 1.82) is 0 Å². The second-order valence-electron chi connectivity index (χ2n) is 12.7. The average Bonchev–Trinajstić information content (AvgIpc) is 2.95. The predicted molar refractivity (Wildman–Crippen MR) is 140 cm³/mol. The molecule has 4 rings (SSSR count). The second kappa shape index (κ2) is 7.30. The lowest BCUT2D eigenvalue weighted by Crippen LogP contribution is -2.32. The molecule has 0 unspecified atom stereocenters. The van der Waals surface area contributed by atoms with Gasteiger partial charge in [-0.3, -0.25) is 0 Å². The van der Waals surface area contributed by atoms with Gasteiger partial charge in [0.1, 0.15) is 0 Å². The van der Waals surface area contributed by atoms with Crippen molar-refractivity contribution >= 4 is 22.7 Å². The van der Waals surface area contributed by atoms with Crippen LogP contribution in [0.4, 0.5) is 5.69 Å². The van der Waals surface area contributed by atoms with Gasteiger partial charge in [-0.25, -0.2) is 0 Å². The van der Waals surface area contributed by atoms with Crippen LogP contribution in [0.2, 0.25) is 0 Å². The van der Waals surface area contributed by atoms with E-state index in [0.717, 1.165) is 6.42 Å². The molecule has 0 radical (unpaired) electrons. The third-order valence-electron chi connectivity index (χ3n) is 7.20. The molecule has 1 heteroatoms. The molecule has 0 aromatic heterocycles. The highest BCUT2D eigenvalue weighted by Crippen LogP contribution is 2.46. The first-order valence-corrected chi connectivity index (χ1v) is 12.0. The van der Waals surface area contributed by atoms with Gasteiger partial charge in [-0.2, -0.15) is 4.58 Å². The van der Waals surface area contributed by atoms with Crippen molar-refractivity contribution in [2.24, 2.45) is 0 Å². The zero-order valence-corrected chi connectivity index (χ0v) is 21.5. The summed E-state index contributed by atoms with van der Waals surface area (Å²) in [5.41, 5.74) is 5.77. The fourth-order valence-corrected chi connectivity index (χ4v) is 5.60. The first kappa shape index (κ1) is 22.8. The Kier molecular flexibility index (Phi) is 5.20. The van der Waals surface area contributed by atoms with Crippen LogP contribution in [0.15, 0.2) is 60.7 Å². The first-order chi connectivity index (χ1) is 14.7. The van der Waals surface area contributed by atoms with Gasteiger partial charge >= 0.3 is 0 Å². The molecule has 1 atom stereocenters. The Morgan fingerprint density at radius 1 is 0.750 bits per heavy atom. The van der Waals surface area contributed by atoms with Crippen LogP contribution in [0.1, 0.15) is 85.4 Å². The van der Waals surface area contributed by atoms with Crippen molar-refractivity contribution < 1.29 is 4.58 Å². The lowest BCUT2D eigenvalue weighted by Gasteiger charge is -2.27. The van der Waals surface area contributed by atoms with Crippen LogP contribution in [0.3, 0.4) is 0 Å². The molecule has 3 aromatic rings. The Balaban J connectivity index is 1.96. The van der Waals surface area contributed by atoms with Gasteiger partial charge in [0.15, 0.2) is 11.8 Å². The number of hydrogen-bond acceptors (Lipinski definition) is 0. The Hall–Kier alpha value is -2.41. The number of fused-ring (bicyclic) bond motifs is 1. The summed E-state index contributed by atoms with van der Waals surface area (Å²) in [6.45, 7) is 21.1. The maximum absolute atomic E-state index is 2.59. The summed E-state index contributed by atoms with van der Waals surface area (Å²) >= 11 is 0. The standard InChI is InChI=1S/C31H40N/c1-28(2,3)23-17-18-26(29(4,5)6)27(19-23)32-21-31(9,20-30(32,7)8)25-16-12-14-22-13-10-11-15-24(22)25/h10-19,21H,20H2,1-9H3/q+1/t31-/m0/s1. The highest BCUT2D eigenvalue weighted by atomic mass is 15.1. The summed E-state index contributed by atoms with van der Waals surface area (Å²) < 4.78 is 2.59. The SMILES string of the molecule is CC(C)(C)c1ccc(C(C)(C)C)c([N+]2=C[C@@](C)(c3cccc4ccccc34)CC2(C)C)c1. The van der Waals surface area contributed by atoms with E-state index in [-0.39, 0.29) is 21.8 Å². The maximum atomic E-state index is 2.59. The van der Waals surface area contributed by atoms with E-state index in [1.54, 1.807) is 0 Å².